The summed E-state index contributed by atoms with van der Waals surface area (Å²) in [5.74, 6) is -0.350. The number of nitrogens with zero attached hydrogens (tertiary/aromatic N) is 2. The van der Waals surface area contributed by atoms with Crippen molar-refractivity contribution in [2.24, 2.45) is 5.16 Å². The summed E-state index contributed by atoms with van der Waals surface area (Å²) < 4.78 is 13.2. The molecule has 0 aliphatic heterocycles. The zero-order chi connectivity index (χ0) is 19.3. The van der Waals surface area contributed by atoms with Crippen molar-refractivity contribution in [3.8, 4) is 0 Å². The molecule has 2 rings (SSSR count). The Morgan fingerprint density at radius 1 is 1.07 bits per heavy atom. The molecule has 1 heterocycles. The molecule has 27 heavy (non-hydrogen) atoms. The molecule has 144 valence electrons. The molecule has 2 aromatic rings. The number of carbonyl (C=O) groups excluding carboxylic acids is 1. The van der Waals surface area contributed by atoms with Gasteiger partial charge >= 0.3 is 6.09 Å². The van der Waals surface area contributed by atoms with E-state index in [9.17, 15) is 9.18 Å². The van der Waals surface area contributed by atoms with Crippen molar-refractivity contribution in [2.45, 2.75) is 45.4 Å². The van der Waals surface area contributed by atoms with Crippen molar-refractivity contribution in [1.29, 1.82) is 0 Å². The van der Waals surface area contributed by atoms with Crippen LogP contribution in [-0.2, 0) is 4.84 Å². The fraction of sp³-hybridized carbons (Fsp3) is 0.381. The molecular formula is C21H26FN3O2. The predicted molar refractivity (Wildman–Crippen MR) is 104 cm³/mol. The first-order valence-electron chi connectivity index (χ1n) is 9.41. The molecule has 0 bridgehead atoms. The van der Waals surface area contributed by atoms with E-state index in [1.54, 1.807) is 36.5 Å². The average molecular weight is 371 g/mol. The molecule has 0 radical (unpaired) electrons. The van der Waals surface area contributed by atoms with Gasteiger partial charge in [-0.05, 0) is 42.8 Å². The van der Waals surface area contributed by atoms with Gasteiger partial charge in [-0.2, -0.15) is 0 Å². The fourth-order valence-electron chi connectivity index (χ4n) is 2.57. The first-order chi connectivity index (χ1) is 13.2. The van der Waals surface area contributed by atoms with Crippen LogP contribution < -0.4 is 5.32 Å². The molecule has 5 nitrogen and oxygen atoms in total. The largest absolute Gasteiger partial charge is 0.433 e. The van der Waals surface area contributed by atoms with E-state index in [2.05, 4.69) is 22.4 Å². The summed E-state index contributed by atoms with van der Waals surface area (Å²) in [4.78, 5) is 21.1. The third-order valence-electron chi connectivity index (χ3n) is 4.04. The monoisotopic (exact) mass is 371 g/mol. The molecule has 1 aromatic carbocycles. The number of benzene rings is 1. The van der Waals surface area contributed by atoms with E-state index >= 15 is 0 Å². The Morgan fingerprint density at radius 3 is 2.52 bits per heavy atom. The number of rotatable bonds is 10. The Balaban J connectivity index is 1.91. The standard InChI is InChI=1S/C21H26FN3O2/c1-2-3-4-5-6-8-16-24-21(26)27-25-20(19-10-7-9-15-23-19)17-11-13-18(22)14-12-17/h7,9-15H,2-6,8,16H2,1H3,(H,24,26). The SMILES string of the molecule is CCCCCCCCNC(=O)ON=C(c1ccc(F)cc1)c1ccccn1. The molecule has 0 atom stereocenters. The fourth-order valence-corrected chi connectivity index (χ4v) is 2.57. The lowest BCUT2D eigenvalue weighted by Crippen LogP contribution is -2.24. The van der Waals surface area contributed by atoms with E-state index in [0.717, 1.165) is 12.8 Å². The highest BCUT2D eigenvalue weighted by Gasteiger charge is 2.11. The molecule has 0 aliphatic carbocycles. The van der Waals surface area contributed by atoms with Gasteiger partial charge in [-0.15, -0.1) is 0 Å². The van der Waals surface area contributed by atoms with Gasteiger partial charge in [0.2, 0.25) is 0 Å². The Morgan fingerprint density at radius 2 is 1.81 bits per heavy atom. The lowest BCUT2D eigenvalue weighted by molar-refractivity contribution is 0.150. The molecule has 0 fully saturated rings. The minimum Gasteiger partial charge on any atom is -0.320 e. The lowest BCUT2D eigenvalue weighted by Gasteiger charge is -2.07. The minimum absolute atomic E-state index is 0.350. The molecule has 1 amide bonds. The quantitative estimate of drug-likeness (QED) is 0.275. The Bertz CT molecular complexity index is 718. The number of carbonyl (C=O) groups is 1. The Kier molecular flexibility index (Phi) is 8.96. The summed E-state index contributed by atoms with van der Waals surface area (Å²) in [6.07, 6.45) is 7.88. The third kappa shape index (κ3) is 7.56. The molecule has 0 unspecified atom stereocenters. The molecule has 1 N–H and O–H groups in total. The van der Waals surface area contributed by atoms with Gasteiger partial charge in [0, 0.05) is 18.3 Å². The smallest absolute Gasteiger partial charge is 0.320 e. The first-order valence-corrected chi connectivity index (χ1v) is 9.41. The van der Waals surface area contributed by atoms with Crippen LogP contribution in [0.1, 0.15) is 56.7 Å². The minimum atomic E-state index is -0.612. The molecule has 0 aliphatic rings. The van der Waals surface area contributed by atoms with Crippen LogP contribution in [0.2, 0.25) is 0 Å². The molecule has 1 aromatic heterocycles. The van der Waals surface area contributed by atoms with Crippen LogP contribution in [0.25, 0.3) is 0 Å². The number of aromatic nitrogens is 1. The predicted octanol–water partition coefficient (Wildman–Crippen LogP) is 5.06. The van der Waals surface area contributed by atoms with Gasteiger partial charge in [0.1, 0.15) is 11.5 Å². The van der Waals surface area contributed by atoms with Crippen molar-refractivity contribution in [1.82, 2.24) is 10.3 Å². The van der Waals surface area contributed by atoms with Crippen molar-refractivity contribution in [2.75, 3.05) is 6.54 Å². The van der Waals surface area contributed by atoms with Crippen molar-refractivity contribution in [3.05, 3.63) is 65.7 Å². The van der Waals surface area contributed by atoms with E-state index < -0.39 is 6.09 Å². The molecule has 0 saturated heterocycles. The van der Waals surface area contributed by atoms with Gasteiger partial charge in [0.15, 0.2) is 0 Å². The zero-order valence-corrected chi connectivity index (χ0v) is 15.7. The van der Waals surface area contributed by atoms with Gasteiger partial charge in [-0.3, -0.25) is 9.82 Å². The summed E-state index contributed by atoms with van der Waals surface area (Å²) in [5, 5.41) is 6.65. The highest BCUT2D eigenvalue weighted by Crippen LogP contribution is 2.11. The summed E-state index contributed by atoms with van der Waals surface area (Å²) in [6, 6.07) is 11.1. The van der Waals surface area contributed by atoms with Crippen molar-refractivity contribution in [3.63, 3.8) is 0 Å². The van der Waals surface area contributed by atoms with Crippen LogP contribution in [0.3, 0.4) is 0 Å². The maximum Gasteiger partial charge on any atom is 0.433 e. The van der Waals surface area contributed by atoms with E-state index in [4.69, 9.17) is 4.84 Å². The number of unbranched alkanes of at least 4 members (excludes halogenated alkanes) is 5. The van der Waals surface area contributed by atoms with Crippen LogP contribution in [0.5, 0.6) is 0 Å². The average Bonchev–Trinajstić information content (AvgIpc) is 2.69. The van der Waals surface area contributed by atoms with Gasteiger partial charge < -0.3 is 5.32 Å². The number of nitrogens with one attached hydrogen (secondary N) is 1. The molecule has 0 saturated carbocycles. The number of hydrogen-bond acceptors (Lipinski definition) is 4. The van der Waals surface area contributed by atoms with Crippen LogP contribution >= 0.6 is 0 Å². The van der Waals surface area contributed by atoms with E-state index in [0.29, 0.717) is 23.5 Å². The number of halogens is 1. The maximum absolute atomic E-state index is 13.2. The summed E-state index contributed by atoms with van der Waals surface area (Å²) in [6.45, 7) is 2.74. The topological polar surface area (TPSA) is 63.6 Å². The van der Waals surface area contributed by atoms with E-state index in [1.165, 1.54) is 37.8 Å². The van der Waals surface area contributed by atoms with Crippen molar-refractivity contribution >= 4 is 11.8 Å². The Hall–Kier alpha value is -2.76. The highest BCUT2D eigenvalue weighted by atomic mass is 19.1. The van der Waals surface area contributed by atoms with Gasteiger partial charge in [0.25, 0.3) is 0 Å². The normalized spacial score (nSPS) is 11.3. The summed E-state index contributed by atoms with van der Waals surface area (Å²) in [5.41, 5.74) is 1.51. The van der Waals surface area contributed by atoms with E-state index in [-0.39, 0.29) is 5.82 Å². The van der Waals surface area contributed by atoms with Gasteiger partial charge in [0.05, 0.1) is 5.69 Å². The zero-order valence-electron chi connectivity index (χ0n) is 15.7. The van der Waals surface area contributed by atoms with Crippen molar-refractivity contribution < 1.29 is 14.0 Å². The van der Waals surface area contributed by atoms with Crippen LogP contribution in [0.4, 0.5) is 9.18 Å². The van der Waals surface area contributed by atoms with Gasteiger partial charge in [-0.25, -0.2) is 9.18 Å². The Labute approximate surface area is 159 Å². The molecule has 6 heteroatoms. The van der Waals surface area contributed by atoms with Crippen LogP contribution in [0.15, 0.2) is 53.8 Å². The molecule has 0 spiro atoms. The first kappa shape index (κ1) is 20.6. The van der Waals surface area contributed by atoms with Crippen LogP contribution in [0, 0.1) is 5.82 Å². The lowest BCUT2D eigenvalue weighted by atomic mass is 10.1. The number of hydrogen-bond donors (Lipinski definition) is 1. The second-order valence-corrected chi connectivity index (χ2v) is 6.24. The number of oxime groups is 1. The number of amides is 1. The third-order valence-corrected chi connectivity index (χ3v) is 4.04. The van der Waals surface area contributed by atoms with Crippen LogP contribution in [-0.4, -0.2) is 23.3 Å². The number of pyridine rings is 1. The molecular weight excluding hydrogens is 345 g/mol. The highest BCUT2D eigenvalue weighted by molar-refractivity contribution is 6.11. The second kappa shape index (κ2) is 11.8. The van der Waals surface area contributed by atoms with E-state index in [1.807, 2.05) is 0 Å². The van der Waals surface area contributed by atoms with Gasteiger partial charge in [-0.1, -0.05) is 50.2 Å². The maximum atomic E-state index is 13.2. The second-order valence-electron chi connectivity index (χ2n) is 6.24. The summed E-state index contributed by atoms with van der Waals surface area (Å²) >= 11 is 0. The summed E-state index contributed by atoms with van der Waals surface area (Å²) in [7, 11) is 0.